The number of halogens is 2. The van der Waals surface area contributed by atoms with E-state index in [1.54, 1.807) is 11.6 Å². The van der Waals surface area contributed by atoms with E-state index in [2.05, 4.69) is 9.97 Å². The normalized spacial score (nSPS) is 10.0. The van der Waals surface area contributed by atoms with Gasteiger partial charge in [0, 0.05) is 13.2 Å². The Morgan fingerprint density at radius 1 is 1.33 bits per heavy atom. The molecule has 82 valence electrons. The first kappa shape index (κ1) is 11.9. The van der Waals surface area contributed by atoms with Gasteiger partial charge in [-0.2, -0.15) is 14.4 Å². The maximum Gasteiger partial charge on any atom is 0.312 e. The highest BCUT2D eigenvalue weighted by molar-refractivity contribution is 6.34. The van der Waals surface area contributed by atoms with Crippen molar-refractivity contribution in [1.29, 1.82) is 0 Å². The molecule has 2 aromatic rings. The van der Waals surface area contributed by atoms with E-state index in [0.717, 1.165) is 5.56 Å². The molecule has 0 aliphatic heterocycles. The molecule has 0 saturated heterocycles. The maximum atomic E-state index is 12.8. The predicted molar refractivity (Wildman–Crippen MR) is 59.6 cm³/mol. The molecule has 5 heteroatoms. The molecule has 0 aliphatic carbocycles. The van der Waals surface area contributed by atoms with Crippen LogP contribution in [0.1, 0.15) is 19.4 Å². The fourth-order valence-electron chi connectivity index (χ4n) is 1.41. The Labute approximate surface area is 92.9 Å². The largest absolute Gasteiger partial charge is 0.335 e. The summed E-state index contributed by atoms with van der Waals surface area (Å²) in [4.78, 5) is 7.11. The fraction of sp³-hybridized carbons (Fsp3) is 0.400. The highest BCUT2D eigenvalue weighted by atomic mass is 35.5. The van der Waals surface area contributed by atoms with Crippen molar-refractivity contribution in [2.24, 2.45) is 7.05 Å². The van der Waals surface area contributed by atoms with Crippen molar-refractivity contribution in [1.82, 2.24) is 14.5 Å². The number of rotatable bonds is 0. The minimum absolute atomic E-state index is 0.167. The summed E-state index contributed by atoms with van der Waals surface area (Å²) >= 11 is 5.78. The number of hydrogen-bond donors (Lipinski definition) is 0. The molecule has 15 heavy (non-hydrogen) atoms. The van der Waals surface area contributed by atoms with Gasteiger partial charge in [0.2, 0.25) is 0 Å². The summed E-state index contributed by atoms with van der Waals surface area (Å²) in [6.45, 7) is 5.88. The molecule has 0 N–H and O–H groups in total. The molecular formula is C10H13ClFN3. The van der Waals surface area contributed by atoms with Crippen LogP contribution in [-0.4, -0.2) is 14.5 Å². The smallest absolute Gasteiger partial charge is 0.312 e. The molecule has 0 aliphatic rings. The van der Waals surface area contributed by atoms with E-state index in [9.17, 15) is 4.39 Å². The third-order valence-corrected chi connectivity index (χ3v) is 2.21. The summed E-state index contributed by atoms with van der Waals surface area (Å²) < 4.78 is 14.5. The lowest BCUT2D eigenvalue weighted by molar-refractivity contribution is 0.542. The van der Waals surface area contributed by atoms with Crippen LogP contribution in [-0.2, 0) is 7.05 Å². The number of hydrogen-bond acceptors (Lipinski definition) is 2. The first-order valence-corrected chi connectivity index (χ1v) is 5.12. The van der Waals surface area contributed by atoms with E-state index in [0.29, 0.717) is 11.0 Å². The van der Waals surface area contributed by atoms with Crippen LogP contribution in [0.2, 0.25) is 5.15 Å². The molecule has 2 heterocycles. The lowest BCUT2D eigenvalue weighted by atomic mass is 10.3. The number of nitrogens with zero attached hydrogens (tertiary/aromatic N) is 3. The third kappa shape index (κ3) is 2.09. The Hall–Kier alpha value is -1.16. The van der Waals surface area contributed by atoms with Crippen molar-refractivity contribution >= 4 is 22.6 Å². The molecule has 0 amide bonds. The van der Waals surface area contributed by atoms with Crippen molar-refractivity contribution in [3.05, 3.63) is 23.0 Å². The summed E-state index contributed by atoms with van der Waals surface area (Å²) in [6.07, 6.45) is 1.05. The van der Waals surface area contributed by atoms with E-state index in [-0.39, 0.29) is 5.15 Å². The van der Waals surface area contributed by atoms with Gasteiger partial charge < -0.3 is 4.57 Å². The Balaban J connectivity index is 0.000000531. The van der Waals surface area contributed by atoms with Crippen molar-refractivity contribution in [3.8, 4) is 0 Å². The average molecular weight is 230 g/mol. The van der Waals surface area contributed by atoms with Gasteiger partial charge in [-0.15, -0.1) is 0 Å². The standard InChI is InChI=1S/C8H7ClFN3.C2H6/c1-4-3-13(2)7-5(4)6(9)11-8(10)12-7;1-2/h3H,1-2H3;1-2H3. The van der Waals surface area contributed by atoms with Crippen LogP contribution in [0.4, 0.5) is 4.39 Å². The van der Waals surface area contributed by atoms with Crippen LogP contribution in [0.25, 0.3) is 11.0 Å². The monoisotopic (exact) mass is 229 g/mol. The first-order valence-electron chi connectivity index (χ1n) is 4.74. The molecule has 0 spiro atoms. The summed E-state index contributed by atoms with van der Waals surface area (Å²) in [6, 6.07) is 0. The Bertz CT molecular complexity index is 479. The third-order valence-electron chi connectivity index (χ3n) is 1.93. The van der Waals surface area contributed by atoms with E-state index in [1.165, 1.54) is 0 Å². The van der Waals surface area contributed by atoms with Gasteiger partial charge in [-0.05, 0) is 12.5 Å². The minimum Gasteiger partial charge on any atom is -0.335 e. The first-order chi connectivity index (χ1) is 7.09. The quantitative estimate of drug-likeness (QED) is 0.513. The van der Waals surface area contributed by atoms with Crippen molar-refractivity contribution in [2.45, 2.75) is 20.8 Å². The van der Waals surface area contributed by atoms with Gasteiger partial charge in [0.15, 0.2) is 0 Å². The maximum absolute atomic E-state index is 12.8. The Kier molecular flexibility index (Phi) is 3.63. The molecule has 2 aromatic heterocycles. The number of aryl methyl sites for hydroxylation is 2. The highest BCUT2D eigenvalue weighted by Crippen LogP contribution is 2.24. The van der Waals surface area contributed by atoms with Gasteiger partial charge in [0.1, 0.15) is 10.8 Å². The summed E-state index contributed by atoms with van der Waals surface area (Å²) in [5.41, 5.74) is 1.47. The molecule has 3 nitrogen and oxygen atoms in total. The lowest BCUT2D eigenvalue weighted by Gasteiger charge is -1.96. The second-order valence-corrected chi connectivity index (χ2v) is 3.26. The fourth-order valence-corrected chi connectivity index (χ4v) is 1.71. The van der Waals surface area contributed by atoms with Gasteiger partial charge >= 0.3 is 6.08 Å². The van der Waals surface area contributed by atoms with Crippen LogP contribution in [0, 0.1) is 13.0 Å². The molecule has 0 fully saturated rings. The molecule has 2 rings (SSSR count). The number of aromatic nitrogens is 3. The van der Waals surface area contributed by atoms with E-state index in [4.69, 9.17) is 11.6 Å². The van der Waals surface area contributed by atoms with Gasteiger partial charge in [-0.3, -0.25) is 0 Å². The average Bonchev–Trinajstić information content (AvgIpc) is 2.45. The molecule has 0 aromatic carbocycles. The summed E-state index contributed by atoms with van der Waals surface area (Å²) in [7, 11) is 1.79. The topological polar surface area (TPSA) is 30.7 Å². The van der Waals surface area contributed by atoms with Crippen molar-refractivity contribution < 1.29 is 4.39 Å². The Morgan fingerprint density at radius 3 is 2.53 bits per heavy atom. The van der Waals surface area contributed by atoms with Crippen LogP contribution in [0.3, 0.4) is 0 Å². The predicted octanol–water partition coefficient (Wildman–Crippen LogP) is 3.10. The van der Waals surface area contributed by atoms with Crippen molar-refractivity contribution in [3.63, 3.8) is 0 Å². The molecule has 0 unspecified atom stereocenters. The van der Waals surface area contributed by atoms with Crippen LogP contribution in [0.5, 0.6) is 0 Å². The summed E-state index contributed by atoms with van der Waals surface area (Å²) in [5, 5.41) is 0.881. The van der Waals surface area contributed by atoms with Gasteiger partial charge in [0.25, 0.3) is 0 Å². The number of fused-ring (bicyclic) bond motifs is 1. The molecule has 0 bridgehead atoms. The SMILES string of the molecule is CC.Cc1cn(C)c2nc(F)nc(Cl)c12. The van der Waals surface area contributed by atoms with Crippen molar-refractivity contribution in [2.75, 3.05) is 0 Å². The zero-order chi connectivity index (χ0) is 11.6. The Morgan fingerprint density at radius 2 is 1.93 bits per heavy atom. The van der Waals surface area contributed by atoms with E-state index >= 15 is 0 Å². The van der Waals surface area contributed by atoms with E-state index < -0.39 is 6.08 Å². The van der Waals surface area contributed by atoms with Gasteiger partial charge in [-0.1, -0.05) is 25.4 Å². The molecule has 0 atom stereocenters. The zero-order valence-electron chi connectivity index (χ0n) is 9.17. The second-order valence-electron chi connectivity index (χ2n) is 2.91. The molecular weight excluding hydrogens is 217 g/mol. The minimum atomic E-state index is -0.793. The van der Waals surface area contributed by atoms with E-state index in [1.807, 2.05) is 27.0 Å². The summed E-state index contributed by atoms with van der Waals surface area (Å²) in [5.74, 6) is 0. The van der Waals surface area contributed by atoms with Crippen LogP contribution < -0.4 is 0 Å². The highest BCUT2D eigenvalue weighted by Gasteiger charge is 2.11. The second kappa shape index (κ2) is 4.57. The van der Waals surface area contributed by atoms with Gasteiger partial charge in [-0.25, -0.2) is 0 Å². The zero-order valence-corrected chi connectivity index (χ0v) is 9.93. The molecule has 0 radical (unpaired) electrons. The van der Waals surface area contributed by atoms with Gasteiger partial charge in [0.05, 0.1) is 5.39 Å². The van der Waals surface area contributed by atoms with Crippen LogP contribution >= 0.6 is 11.6 Å². The molecule has 0 saturated carbocycles. The van der Waals surface area contributed by atoms with Crippen LogP contribution in [0.15, 0.2) is 6.20 Å². The lowest BCUT2D eigenvalue weighted by Crippen LogP contribution is -1.94.